The van der Waals surface area contributed by atoms with Gasteiger partial charge in [-0.25, -0.2) is 4.39 Å². The van der Waals surface area contributed by atoms with Crippen molar-refractivity contribution >= 4 is 5.91 Å². The van der Waals surface area contributed by atoms with Gasteiger partial charge in [0.2, 0.25) is 0 Å². The van der Waals surface area contributed by atoms with Gasteiger partial charge in [-0.15, -0.1) is 0 Å². The summed E-state index contributed by atoms with van der Waals surface area (Å²) < 4.78 is 12.3. The van der Waals surface area contributed by atoms with E-state index in [2.05, 4.69) is 12.4 Å². The van der Waals surface area contributed by atoms with Crippen molar-refractivity contribution in [2.45, 2.75) is 0 Å². The minimum Gasteiger partial charge on any atom is -0.350 e. The Kier molecular flexibility index (Phi) is 2.21. The van der Waals surface area contributed by atoms with Gasteiger partial charge >= 0.3 is 0 Å². The van der Waals surface area contributed by atoms with Gasteiger partial charge in [0.05, 0.1) is 0 Å². The van der Waals surface area contributed by atoms with Gasteiger partial charge in [-0.2, -0.15) is 0 Å². The number of carbonyl (C=O) groups is 1. The molecule has 1 N–H and O–H groups in total. The number of nitrogens with one attached hydrogen (secondary N) is 1. The topological polar surface area (TPSA) is 29.1 Å². The molecular weight excluding hydrogens is 145 g/mol. The molecule has 0 aromatic heterocycles. The standard InChI is InChI=1S/C8H7FNO/c1-10-8(11)6-2-4-7(9)5-3-6/h2-5H,1H2,(H,10,11). The van der Waals surface area contributed by atoms with Crippen LogP contribution in [0, 0.1) is 12.9 Å². The second kappa shape index (κ2) is 3.14. The van der Waals surface area contributed by atoms with Crippen molar-refractivity contribution in [2.24, 2.45) is 0 Å². The molecule has 0 spiro atoms. The molecule has 0 bridgehead atoms. The van der Waals surface area contributed by atoms with Gasteiger partial charge in [-0.1, -0.05) is 0 Å². The first-order chi connectivity index (χ1) is 5.24. The third-order valence-corrected chi connectivity index (χ3v) is 1.27. The molecule has 11 heavy (non-hydrogen) atoms. The molecule has 1 aromatic rings. The molecular formula is C8H7FNO. The molecule has 0 aliphatic rings. The van der Waals surface area contributed by atoms with Crippen molar-refractivity contribution in [3.8, 4) is 0 Å². The molecule has 0 saturated heterocycles. The lowest BCUT2D eigenvalue weighted by atomic mass is 10.2. The number of rotatable bonds is 1. The van der Waals surface area contributed by atoms with Crippen molar-refractivity contribution in [1.29, 1.82) is 0 Å². The van der Waals surface area contributed by atoms with Gasteiger partial charge in [-0.05, 0) is 24.3 Å². The van der Waals surface area contributed by atoms with Crippen LogP contribution in [0.15, 0.2) is 24.3 Å². The van der Waals surface area contributed by atoms with Crippen molar-refractivity contribution in [3.63, 3.8) is 0 Å². The minimum atomic E-state index is -0.356. The van der Waals surface area contributed by atoms with E-state index >= 15 is 0 Å². The maximum Gasteiger partial charge on any atom is 0.251 e. The third-order valence-electron chi connectivity index (χ3n) is 1.27. The average molecular weight is 152 g/mol. The number of carbonyl (C=O) groups excluding carboxylic acids is 1. The highest BCUT2D eigenvalue weighted by Gasteiger charge is 2.00. The van der Waals surface area contributed by atoms with E-state index in [0.29, 0.717) is 5.56 Å². The van der Waals surface area contributed by atoms with Gasteiger partial charge in [0, 0.05) is 12.6 Å². The van der Waals surface area contributed by atoms with E-state index < -0.39 is 0 Å². The zero-order chi connectivity index (χ0) is 8.27. The zero-order valence-electron chi connectivity index (χ0n) is 5.80. The summed E-state index contributed by atoms with van der Waals surface area (Å²) in [6.45, 7) is 0. The van der Waals surface area contributed by atoms with Gasteiger partial charge in [0.1, 0.15) is 5.82 Å². The number of hydrogen-bond donors (Lipinski definition) is 1. The van der Waals surface area contributed by atoms with Crippen LogP contribution in [0.3, 0.4) is 0 Å². The lowest BCUT2D eigenvalue weighted by Crippen LogP contribution is -2.15. The van der Waals surface area contributed by atoms with Crippen LogP contribution in [0.5, 0.6) is 0 Å². The normalized spacial score (nSPS) is 9.27. The first-order valence-electron chi connectivity index (χ1n) is 3.07. The Hall–Kier alpha value is -1.38. The molecule has 1 amide bonds. The fourth-order valence-electron chi connectivity index (χ4n) is 0.703. The molecule has 0 saturated carbocycles. The summed E-state index contributed by atoms with van der Waals surface area (Å²) in [6, 6.07) is 5.25. The molecule has 2 nitrogen and oxygen atoms in total. The second-order valence-corrected chi connectivity index (χ2v) is 2.01. The molecule has 0 heterocycles. The van der Waals surface area contributed by atoms with Crippen molar-refractivity contribution in [3.05, 3.63) is 42.7 Å². The van der Waals surface area contributed by atoms with E-state index in [1.165, 1.54) is 24.3 Å². The van der Waals surface area contributed by atoms with E-state index in [1.54, 1.807) is 0 Å². The van der Waals surface area contributed by atoms with Crippen LogP contribution in [-0.2, 0) is 0 Å². The van der Waals surface area contributed by atoms with Crippen molar-refractivity contribution in [1.82, 2.24) is 5.32 Å². The molecule has 1 radical (unpaired) electrons. The zero-order valence-corrected chi connectivity index (χ0v) is 5.80. The maximum absolute atomic E-state index is 12.3. The lowest BCUT2D eigenvalue weighted by Gasteiger charge is -1.96. The Labute approximate surface area is 64.0 Å². The second-order valence-electron chi connectivity index (χ2n) is 2.01. The number of benzene rings is 1. The van der Waals surface area contributed by atoms with Crippen molar-refractivity contribution in [2.75, 3.05) is 0 Å². The summed E-state index contributed by atoms with van der Waals surface area (Å²) in [6.07, 6.45) is 0. The Morgan fingerprint density at radius 1 is 1.36 bits per heavy atom. The first kappa shape index (κ1) is 7.72. The van der Waals surface area contributed by atoms with Crippen LogP contribution in [0.1, 0.15) is 10.4 Å². The molecule has 0 aliphatic carbocycles. The van der Waals surface area contributed by atoms with Gasteiger partial charge in [-0.3, -0.25) is 4.79 Å². The quantitative estimate of drug-likeness (QED) is 0.646. The maximum atomic E-state index is 12.3. The highest BCUT2D eigenvalue weighted by Crippen LogP contribution is 2.01. The van der Waals surface area contributed by atoms with Crippen LogP contribution < -0.4 is 5.32 Å². The molecule has 0 fully saturated rings. The summed E-state index contributed by atoms with van der Waals surface area (Å²) in [5.41, 5.74) is 0.404. The summed E-state index contributed by atoms with van der Waals surface area (Å²) in [7, 11) is 3.19. The Balaban J connectivity index is 2.90. The largest absolute Gasteiger partial charge is 0.350 e. The fourth-order valence-corrected chi connectivity index (χ4v) is 0.703. The van der Waals surface area contributed by atoms with E-state index in [4.69, 9.17) is 0 Å². The molecule has 3 heteroatoms. The summed E-state index contributed by atoms with van der Waals surface area (Å²) in [5.74, 6) is -0.671. The van der Waals surface area contributed by atoms with Crippen LogP contribution in [0.2, 0.25) is 0 Å². The van der Waals surface area contributed by atoms with E-state index in [-0.39, 0.29) is 11.7 Å². The van der Waals surface area contributed by atoms with E-state index in [9.17, 15) is 9.18 Å². The minimum absolute atomic E-state index is 0.315. The van der Waals surface area contributed by atoms with Gasteiger partial charge in [0.25, 0.3) is 5.91 Å². The van der Waals surface area contributed by atoms with E-state index in [1.807, 2.05) is 0 Å². The summed E-state index contributed by atoms with van der Waals surface area (Å²) in [4.78, 5) is 10.8. The summed E-state index contributed by atoms with van der Waals surface area (Å²) in [5, 5.41) is 2.19. The molecule has 0 aliphatic heterocycles. The van der Waals surface area contributed by atoms with Crippen molar-refractivity contribution < 1.29 is 9.18 Å². The molecule has 0 unspecified atom stereocenters. The van der Waals surface area contributed by atoms with Crippen LogP contribution in [-0.4, -0.2) is 5.91 Å². The highest BCUT2D eigenvalue weighted by molar-refractivity contribution is 5.94. The summed E-state index contributed by atoms with van der Waals surface area (Å²) >= 11 is 0. The number of hydrogen-bond acceptors (Lipinski definition) is 1. The smallest absolute Gasteiger partial charge is 0.251 e. The Morgan fingerprint density at radius 2 is 1.91 bits per heavy atom. The fraction of sp³-hybridized carbons (Fsp3) is 0. The molecule has 0 atom stereocenters. The Bertz CT molecular complexity index is 255. The van der Waals surface area contributed by atoms with Gasteiger partial charge < -0.3 is 5.32 Å². The number of halogens is 1. The number of amides is 1. The Morgan fingerprint density at radius 3 is 2.36 bits per heavy atom. The van der Waals surface area contributed by atoms with Crippen LogP contribution >= 0.6 is 0 Å². The third kappa shape index (κ3) is 1.77. The van der Waals surface area contributed by atoms with E-state index in [0.717, 1.165) is 0 Å². The monoisotopic (exact) mass is 152 g/mol. The van der Waals surface area contributed by atoms with Gasteiger partial charge in [0.15, 0.2) is 0 Å². The predicted molar refractivity (Wildman–Crippen MR) is 39.2 cm³/mol. The lowest BCUT2D eigenvalue weighted by molar-refractivity contribution is 0.0969. The van der Waals surface area contributed by atoms with Crippen LogP contribution in [0.4, 0.5) is 4.39 Å². The molecule has 57 valence electrons. The predicted octanol–water partition coefficient (Wildman–Crippen LogP) is 1.35. The highest BCUT2D eigenvalue weighted by atomic mass is 19.1. The van der Waals surface area contributed by atoms with Crippen LogP contribution in [0.25, 0.3) is 0 Å². The average Bonchev–Trinajstić information content (AvgIpc) is 2.05. The first-order valence-corrected chi connectivity index (χ1v) is 3.07. The molecule has 1 aromatic carbocycles. The molecule has 1 rings (SSSR count). The SMILES string of the molecule is [CH2]NC(=O)c1ccc(F)cc1.